The zero-order valence-electron chi connectivity index (χ0n) is 12.5. The van der Waals surface area contributed by atoms with Gasteiger partial charge in [0.2, 0.25) is 5.91 Å². The van der Waals surface area contributed by atoms with Gasteiger partial charge in [0.1, 0.15) is 0 Å². The van der Waals surface area contributed by atoms with E-state index in [0.717, 1.165) is 5.56 Å². The van der Waals surface area contributed by atoms with E-state index in [9.17, 15) is 4.79 Å². The van der Waals surface area contributed by atoms with Crippen LogP contribution < -0.4 is 5.32 Å². The Labute approximate surface area is 127 Å². The summed E-state index contributed by atoms with van der Waals surface area (Å²) in [6.07, 6.45) is 1.16. The predicted octanol–water partition coefficient (Wildman–Crippen LogP) is 2.44. The van der Waals surface area contributed by atoms with Gasteiger partial charge in [-0.1, -0.05) is 51.1 Å². The molecule has 0 spiro atoms. The summed E-state index contributed by atoms with van der Waals surface area (Å²) in [7, 11) is 0. The van der Waals surface area contributed by atoms with Gasteiger partial charge in [-0.3, -0.25) is 4.79 Å². The molecule has 0 aliphatic rings. The van der Waals surface area contributed by atoms with Crippen molar-refractivity contribution in [2.45, 2.75) is 44.9 Å². The van der Waals surface area contributed by atoms with Crippen LogP contribution in [-0.4, -0.2) is 28.9 Å². The molecule has 4 heteroatoms. The van der Waals surface area contributed by atoms with Crippen LogP contribution in [0.5, 0.6) is 0 Å². The SMILES string of the molecule is CC(C)(C)C(CCO)NC(=O)C(S)Cc1ccccc1. The lowest BCUT2D eigenvalue weighted by molar-refractivity contribution is -0.122. The van der Waals surface area contributed by atoms with Crippen LogP contribution in [0.3, 0.4) is 0 Å². The largest absolute Gasteiger partial charge is 0.396 e. The van der Waals surface area contributed by atoms with Gasteiger partial charge in [-0.05, 0) is 23.8 Å². The molecule has 0 fully saturated rings. The maximum absolute atomic E-state index is 12.2. The third kappa shape index (κ3) is 5.55. The Kier molecular flexibility index (Phi) is 6.56. The van der Waals surface area contributed by atoms with Crippen molar-refractivity contribution in [1.29, 1.82) is 0 Å². The maximum Gasteiger partial charge on any atom is 0.233 e. The summed E-state index contributed by atoms with van der Waals surface area (Å²) < 4.78 is 0. The lowest BCUT2D eigenvalue weighted by Crippen LogP contribution is -2.47. The van der Waals surface area contributed by atoms with E-state index in [-0.39, 0.29) is 29.2 Å². The van der Waals surface area contributed by atoms with Gasteiger partial charge in [0, 0.05) is 12.6 Å². The molecule has 0 aromatic heterocycles. The van der Waals surface area contributed by atoms with E-state index < -0.39 is 0 Å². The standard InChI is InChI=1S/C16H25NO2S/c1-16(2,3)14(9-10-18)17-15(19)13(20)11-12-7-5-4-6-8-12/h4-8,13-14,18,20H,9-11H2,1-3H3,(H,17,19). The molecule has 1 rings (SSSR count). The number of aliphatic hydroxyl groups is 1. The van der Waals surface area contributed by atoms with Crippen LogP contribution in [0.4, 0.5) is 0 Å². The molecule has 112 valence electrons. The fraction of sp³-hybridized carbons (Fsp3) is 0.562. The van der Waals surface area contributed by atoms with Crippen molar-refractivity contribution >= 4 is 18.5 Å². The molecule has 0 saturated carbocycles. The molecule has 20 heavy (non-hydrogen) atoms. The maximum atomic E-state index is 12.2. The lowest BCUT2D eigenvalue weighted by atomic mass is 9.85. The van der Waals surface area contributed by atoms with Crippen LogP contribution in [0.25, 0.3) is 0 Å². The molecule has 1 aromatic carbocycles. The monoisotopic (exact) mass is 295 g/mol. The second-order valence-electron chi connectivity index (χ2n) is 6.15. The quantitative estimate of drug-likeness (QED) is 0.706. The number of amides is 1. The molecular weight excluding hydrogens is 270 g/mol. The van der Waals surface area contributed by atoms with Crippen molar-refractivity contribution in [2.24, 2.45) is 5.41 Å². The molecule has 2 unspecified atom stereocenters. The summed E-state index contributed by atoms with van der Waals surface area (Å²) in [6, 6.07) is 9.80. The molecule has 0 aliphatic heterocycles. The Bertz CT molecular complexity index is 414. The summed E-state index contributed by atoms with van der Waals surface area (Å²) in [5.41, 5.74) is 1.01. The van der Waals surface area contributed by atoms with Crippen molar-refractivity contribution < 1.29 is 9.90 Å². The number of hydrogen-bond acceptors (Lipinski definition) is 3. The summed E-state index contributed by atoms with van der Waals surface area (Å²) >= 11 is 4.40. The van der Waals surface area contributed by atoms with Crippen LogP contribution in [0.15, 0.2) is 30.3 Å². The number of carbonyl (C=O) groups excluding carboxylic acids is 1. The van der Waals surface area contributed by atoms with E-state index in [1.165, 1.54) is 0 Å². The highest BCUT2D eigenvalue weighted by atomic mass is 32.1. The molecule has 1 aromatic rings. The number of benzene rings is 1. The highest BCUT2D eigenvalue weighted by Crippen LogP contribution is 2.22. The average Bonchev–Trinajstić information content (AvgIpc) is 2.38. The van der Waals surface area contributed by atoms with Gasteiger partial charge in [0.05, 0.1) is 5.25 Å². The van der Waals surface area contributed by atoms with Gasteiger partial charge in [-0.15, -0.1) is 0 Å². The Morgan fingerprint density at radius 2 is 1.90 bits per heavy atom. The summed E-state index contributed by atoms with van der Waals surface area (Å²) in [4.78, 5) is 12.2. The number of rotatable bonds is 6. The smallest absolute Gasteiger partial charge is 0.233 e. The van der Waals surface area contributed by atoms with Gasteiger partial charge in [-0.25, -0.2) is 0 Å². The predicted molar refractivity (Wildman–Crippen MR) is 86.0 cm³/mol. The first-order valence-corrected chi connectivity index (χ1v) is 7.49. The molecule has 3 nitrogen and oxygen atoms in total. The molecule has 0 heterocycles. The van der Waals surface area contributed by atoms with Gasteiger partial charge in [-0.2, -0.15) is 12.6 Å². The average molecular weight is 295 g/mol. The minimum Gasteiger partial charge on any atom is -0.396 e. The molecule has 0 saturated heterocycles. The van der Waals surface area contributed by atoms with Crippen molar-refractivity contribution in [3.63, 3.8) is 0 Å². The van der Waals surface area contributed by atoms with E-state index in [4.69, 9.17) is 5.11 Å². The van der Waals surface area contributed by atoms with Crippen LogP contribution in [-0.2, 0) is 11.2 Å². The molecule has 2 N–H and O–H groups in total. The van der Waals surface area contributed by atoms with E-state index in [1.807, 2.05) is 30.3 Å². The zero-order chi connectivity index (χ0) is 15.2. The third-order valence-corrected chi connectivity index (χ3v) is 3.77. The first-order valence-electron chi connectivity index (χ1n) is 6.98. The number of thiol groups is 1. The number of carbonyl (C=O) groups is 1. The molecular formula is C16H25NO2S. The Hall–Kier alpha value is -1.00. The lowest BCUT2D eigenvalue weighted by Gasteiger charge is -2.32. The summed E-state index contributed by atoms with van der Waals surface area (Å²) in [5.74, 6) is -0.0782. The van der Waals surface area contributed by atoms with Crippen LogP contribution >= 0.6 is 12.6 Å². The van der Waals surface area contributed by atoms with Gasteiger partial charge in [0.25, 0.3) is 0 Å². The summed E-state index contributed by atoms with van der Waals surface area (Å²) in [6.45, 7) is 6.23. The molecule has 2 atom stereocenters. The van der Waals surface area contributed by atoms with Gasteiger partial charge >= 0.3 is 0 Å². The van der Waals surface area contributed by atoms with E-state index in [1.54, 1.807) is 0 Å². The second kappa shape index (κ2) is 7.70. The van der Waals surface area contributed by atoms with Crippen molar-refractivity contribution in [1.82, 2.24) is 5.32 Å². The molecule has 0 radical (unpaired) electrons. The Morgan fingerprint density at radius 3 is 2.40 bits per heavy atom. The first-order chi connectivity index (χ1) is 9.34. The van der Waals surface area contributed by atoms with Crippen molar-refractivity contribution in [3.8, 4) is 0 Å². The first kappa shape index (κ1) is 17.1. The number of nitrogens with one attached hydrogen (secondary N) is 1. The van der Waals surface area contributed by atoms with Crippen LogP contribution in [0.2, 0.25) is 0 Å². The fourth-order valence-electron chi connectivity index (χ4n) is 2.05. The number of hydrogen-bond donors (Lipinski definition) is 3. The summed E-state index contributed by atoms with van der Waals surface area (Å²) in [5, 5.41) is 11.7. The second-order valence-corrected chi connectivity index (χ2v) is 6.77. The van der Waals surface area contributed by atoms with E-state index >= 15 is 0 Å². The minimum atomic E-state index is -0.374. The van der Waals surface area contributed by atoms with Crippen LogP contribution in [0, 0.1) is 5.41 Å². The van der Waals surface area contributed by atoms with E-state index in [2.05, 4.69) is 38.7 Å². The molecule has 1 amide bonds. The topological polar surface area (TPSA) is 49.3 Å². The minimum absolute atomic E-state index is 0.0505. The number of aliphatic hydroxyl groups excluding tert-OH is 1. The highest BCUT2D eigenvalue weighted by molar-refractivity contribution is 7.81. The third-order valence-electron chi connectivity index (χ3n) is 3.35. The Balaban J connectivity index is 2.60. The Morgan fingerprint density at radius 1 is 1.30 bits per heavy atom. The van der Waals surface area contributed by atoms with Crippen LogP contribution in [0.1, 0.15) is 32.8 Å². The molecule has 0 aliphatic carbocycles. The van der Waals surface area contributed by atoms with Gasteiger partial charge < -0.3 is 10.4 Å². The van der Waals surface area contributed by atoms with Crippen molar-refractivity contribution in [3.05, 3.63) is 35.9 Å². The van der Waals surface area contributed by atoms with Crippen molar-refractivity contribution in [2.75, 3.05) is 6.61 Å². The fourth-order valence-corrected chi connectivity index (χ4v) is 2.33. The van der Waals surface area contributed by atoms with Gasteiger partial charge in [0.15, 0.2) is 0 Å². The highest BCUT2D eigenvalue weighted by Gasteiger charge is 2.27. The normalized spacial score (nSPS) is 14.7. The van der Waals surface area contributed by atoms with E-state index in [0.29, 0.717) is 12.8 Å². The molecule has 0 bridgehead atoms. The zero-order valence-corrected chi connectivity index (χ0v) is 13.4.